The predicted molar refractivity (Wildman–Crippen MR) is 93.8 cm³/mol. The molecule has 0 bridgehead atoms. The SMILES string of the molecule is N#Cc1ccccc1C#Cc1ccccc1C#Cc1ccncc1. The number of hydrogen-bond donors (Lipinski definition) is 0. The number of pyridine rings is 1. The van der Waals surface area contributed by atoms with Crippen molar-refractivity contribution in [3.8, 4) is 29.8 Å². The highest BCUT2D eigenvalue weighted by Gasteiger charge is 1.98. The summed E-state index contributed by atoms with van der Waals surface area (Å²) in [4.78, 5) is 3.98. The van der Waals surface area contributed by atoms with E-state index >= 15 is 0 Å². The van der Waals surface area contributed by atoms with E-state index in [1.54, 1.807) is 18.5 Å². The summed E-state index contributed by atoms with van der Waals surface area (Å²) in [6.07, 6.45) is 3.43. The van der Waals surface area contributed by atoms with Crippen LogP contribution in [0.15, 0.2) is 73.1 Å². The third kappa shape index (κ3) is 3.69. The van der Waals surface area contributed by atoms with Crippen LogP contribution in [0.1, 0.15) is 27.8 Å². The first-order valence-corrected chi connectivity index (χ1v) is 7.39. The van der Waals surface area contributed by atoms with Crippen molar-refractivity contribution < 1.29 is 0 Å². The minimum Gasteiger partial charge on any atom is -0.265 e. The van der Waals surface area contributed by atoms with Gasteiger partial charge in [-0.05, 0) is 36.4 Å². The van der Waals surface area contributed by atoms with Crippen LogP contribution in [0.5, 0.6) is 0 Å². The Labute approximate surface area is 141 Å². The number of nitriles is 1. The largest absolute Gasteiger partial charge is 0.265 e. The van der Waals surface area contributed by atoms with E-state index in [0.717, 1.165) is 22.3 Å². The Morgan fingerprint density at radius 3 is 1.58 bits per heavy atom. The zero-order valence-corrected chi connectivity index (χ0v) is 12.8. The average molecular weight is 304 g/mol. The summed E-state index contributed by atoms with van der Waals surface area (Å²) in [5, 5.41) is 9.14. The molecule has 2 heteroatoms. The number of nitrogens with zero attached hydrogens (tertiary/aromatic N) is 2. The van der Waals surface area contributed by atoms with Gasteiger partial charge in [0, 0.05) is 34.6 Å². The van der Waals surface area contributed by atoms with Gasteiger partial charge in [0.2, 0.25) is 0 Å². The van der Waals surface area contributed by atoms with Gasteiger partial charge in [0.25, 0.3) is 0 Å². The van der Waals surface area contributed by atoms with Gasteiger partial charge in [-0.2, -0.15) is 5.26 Å². The fourth-order valence-corrected chi connectivity index (χ4v) is 2.10. The van der Waals surface area contributed by atoms with Crippen molar-refractivity contribution in [1.82, 2.24) is 4.98 Å². The molecule has 2 nitrogen and oxygen atoms in total. The smallest absolute Gasteiger partial charge is 0.100 e. The van der Waals surface area contributed by atoms with E-state index in [2.05, 4.69) is 34.7 Å². The van der Waals surface area contributed by atoms with E-state index in [1.165, 1.54) is 0 Å². The van der Waals surface area contributed by atoms with E-state index in [4.69, 9.17) is 5.26 Å². The topological polar surface area (TPSA) is 36.7 Å². The standard InChI is InChI=1S/C22H12N2/c23-17-22-8-4-3-7-21(22)12-11-20-6-2-1-5-19(20)10-9-18-13-15-24-16-14-18/h1-8,13-16H. The lowest BCUT2D eigenvalue weighted by atomic mass is 10.1. The first-order chi connectivity index (χ1) is 11.9. The van der Waals surface area contributed by atoms with Crippen LogP contribution in [0.25, 0.3) is 0 Å². The van der Waals surface area contributed by atoms with E-state index in [0.29, 0.717) is 5.56 Å². The van der Waals surface area contributed by atoms with E-state index in [1.807, 2.05) is 54.6 Å². The molecule has 2 aromatic carbocycles. The van der Waals surface area contributed by atoms with Crippen molar-refractivity contribution in [2.45, 2.75) is 0 Å². The first-order valence-electron chi connectivity index (χ1n) is 7.39. The third-order valence-corrected chi connectivity index (χ3v) is 3.33. The average Bonchev–Trinajstić information content (AvgIpc) is 2.66. The number of aromatic nitrogens is 1. The van der Waals surface area contributed by atoms with Gasteiger partial charge in [0.1, 0.15) is 6.07 Å². The molecular formula is C22H12N2. The Bertz CT molecular complexity index is 1020. The molecule has 3 rings (SSSR count). The Morgan fingerprint density at radius 1 is 0.583 bits per heavy atom. The monoisotopic (exact) mass is 304 g/mol. The Balaban J connectivity index is 1.96. The Hall–Kier alpha value is -3.80. The lowest BCUT2D eigenvalue weighted by Gasteiger charge is -1.96. The van der Waals surface area contributed by atoms with Crippen LogP contribution >= 0.6 is 0 Å². The molecule has 0 saturated carbocycles. The van der Waals surface area contributed by atoms with Gasteiger partial charge in [-0.15, -0.1) is 0 Å². The van der Waals surface area contributed by atoms with Gasteiger partial charge >= 0.3 is 0 Å². The number of rotatable bonds is 0. The fourth-order valence-electron chi connectivity index (χ4n) is 2.10. The maximum absolute atomic E-state index is 9.14. The molecule has 0 spiro atoms. The van der Waals surface area contributed by atoms with Crippen LogP contribution in [0.4, 0.5) is 0 Å². The van der Waals surface area contributed by atoms with Crippen LogP contribution in [-0.2, 0) is 0 Å². The number of benzene rings is 2. The van der Waals surface area contributed by atoms with Gasteiger partial charge in [0.05, 0.1) is 5.56 Å². The minimum atomic E-state index is 0.574. The van der Waals surface area contributed by atoms with Crippen molar-refractivity contribution in [2.24, 2.45) is 0 Å². The highest BCUT2D eigenvalue weighted by Crippen LogP contribution is 2.09. The molecule has 0 N–H and O–H groups in total. The van der Waals surface area contributed by atoms with E-state index in [-0.39, 0.29) is 0 Å². The second kappa shape index (κ2) is 7.46. The highest BCUT2D eigenvalue weighted by molar-refractivity contribution is 5.56. The second-order valence-corrected chi connectivity index (χ2v) is 4.94. The summed E-state index contributed by atoms with van der Waals surface area (Å²) in [5.74, 6) is 12.5. The normalized spacial score (nSPS) is 8.96. The zero-order valence-electron chi connectivity index (χ0n) is 12.8. The summed E-state index contributed by atoms with van der Waals surface area (Å²) in [5.41, 5.74) is 3.90. The molecule has 0 radical (unpaired) electrons. The van der Waals surface area contributed by atoms with Gasteiger partial charge in [-0.25, -0.2) is 0 Å². The lowest BCUT2D eigenvalue weighted by molar-refractivity contribution is 1.32. The zero-order chi connectivity index (χ0) is 16.6. The van der Waals surface area contributed by atoms with Crippen molar-refractivity contribution in [1.29, 1.82) is 5.26 Å². The first kappa shape index (κ1) is 15.1. The Morgan fingerprint density at radius 2 is 1.04 bits per heavy atom. The Kier molecular flexibility index (Phi) is 4.70. The second-order valence-electron chi connectivity index (χ2n) is 4.94. The van der Waals surface area contributed by atoms with Gasteiger partial charge in [-0.1, -0.05) is 47.9 Å². The van der Waals surface area contributed by atoms with Crippen LogP contribution in [0.2, 0.25) is 0 Å². The van der Waals surface area contributed by atoms with Crippen LogP contribution in [-0.4, -0.2) is 4.98 Å². The van der Waals surface area contributed by atoms with Crippen molar-refractivity contribution >= 4 is 0 Å². The molecule has 24 heavy (non-hydrogen) atoms. The fraction of sp³-hybridized carbons (Fsp3) is 0. The maximum Gasteiger partial charge on any atom is 0.100 e. The van der Waals surface area contributed by atoms with Gasteiger partial charge < -0.3 is 0 Å². The molecule has 0 aliphatic heterocycles. The van der Waals surface area contributed by atoms with E-state index < -0.39 is 0 Å². The summed E-state index contributed by atoms with van der Waals surface area (Å²) in [6, 6.07) is 20.9. The molecule has 3 aromatic rings. The summed E-state index contributed by atoms with van der Waals surface area (Å²) in [6.45, 7) is 0. The van der Waals surface area contributed by atoms with Crippen molar-refractivity contribution in [3.05, 3.63) is 101 Å². The molecule has 0 aliphatic carbocycles. The third-order valence-electron chi connectivity index (χ3n) is 3.33. The van der Waals surface area contributed by atoms with Crippen molar-refractivity contribution in [2.75, 3.05) is 0 Å². The minimum absolute atomic E-state index is 0.574. The molecular weight excluding hydrogens is 292 g/mol. The molecule has 0 unspecified atom stereocenters. The lowest BCUT2D eigenvalue weighted by Crippen LogP contribution is -1.85. The molecule has 1 aromatic heterocycles. The van der Waals surface area contributed by atoms with Crippen molar-refractivity contribution in [3.63, 3.8) is 0 Å². The van der Waals surface area contributed by atoms with Crippen LogP contribution in [0.3, 0.4) is 0 Å². The maximum atomic E-state index is 9.14. The summed E-state index contributed by atoms with van der Waals surface area (Å²) in [7, 11) is 0. The van der Waals surface area contributed by atoms with Crippen LogP contribution in [0, 0.1) is 35.0 Å². The molecule has 110 valence electrons. The quantitative estimate of drug-likeness (QED) is 0.593. The molecule has 0 amide bonds. The molecule has 0 aliphatic rings. The molecule has 1 heterocycles. The highest BCUT2D eigenvalue weighted by atomic mass is 14.6. The molecule has 0 saturated heterocycles. The van der Waals surface area contributed by atoms with Gasteiger partial charge in [-0.3, -0.25) is 4.98 Å². The molecule has 0 fully saturated rings. The predicted octanol–water partition coefficient (Wildman–Crippen LogP) is 3.75. The molecule has 0 atom stereocenters. The van der Waals surface area contributed by atoms with E-state index in [9.17, 15) is 0 Å². The van der Waals surface area contributed by atoms with Crippen LogP contribution < -0.4 is 0 Å². The van der Waals surface area contributed by atoms with Gasteiger partial charge in [0.15, 0.2) is 0 Å². The summed E-state index contributed by atoms with van der Waals surface area (Å²) >= 11 is 0. The number of hydrogen-bond acceptors (Lipinski definition) is 2. The summed E-state index contributed by atoms with van der Waals surface area (Å²) < 4.78 is 0.